The number of nitrogens with zero attached hydrogens (tertiary/aromatic N) is 2. The van der Waals surface area contributed by atoms with Crippen LogP contribution in [-0.4, -0.2) is 66.2 Å². The summed E-state index contributed by atoms with van der Waals surface area (Å²) < 4.78 is 15.0. The van der Waals surface area contributed by atoms with E-state index in [1.165, 1.54) is 25.3 Å². The minimum absolute atomic E-state index is 0.0328. The fourth-order valence-corrected chi connectivity index (χ4v) is 4.65. The van der Waals surface area contributed by atoms with Gasteiger partial charge in [0.15, 0.2) is 5.78 Å². The Morgan fingerprint density at radius 3 is 2.44 bits per heavy atom. The van der Waals surface area contributed by atoms with Gasteiger partial charge in [0.2, 0.25) is 0 Å². The van der Waals surface area contributed by atoms with E-state index >= 15 is 0 Å². The molecule has 1 aliphatic heterocycles. The largest absolute Gasteiger partial charge is 0.468 e. The predicted molar refractivity (Wildman–Crippen MR) is 132 cm³/mol. The van der Waals surface area contributed by atoms with Crippen LogP contribution in [0.4, 0.5) is 5.69 Å². The summed E-state index contributed by atoms with van der Waals surface area (Å²) in [5.41, 5.74) is 0.817. The Hall–Kier alpha value is -3.54. The van der Waals surface area contributed by atoms with Gasteiger partial charge in [-0.25, -0.2) is 4.79 Å². The van der Waals surface area contributed by atoms with Crippen molar-refractivity contribution in [3.63, 3.8) is 0 Å². The van der Waals surface area contributed by atoms with Crippen LogP contribution in [0, 0.1) is 16.0 Å². The van der Waals surface area contributed by atoms with E-state index in [-0.39, 0.29) is 53.9 Å². The fraction of sp³-hybridized carbons (Fsp3) is 0.458. The summed E-state index contributed by atoms with van der Waals surface area (Å²) in [5, 5.41) is 11.4. The number of carbonyl (C=O) groups is 4. The Morgan fingerprint density at radius 1 is 1.14 bits per heavy atom. The van der Waals surface area contributed by atoms with Crippen molar-refractivity contribution >= 4 is 46.9 Å². The van der Waals surface area contributed by atoms with Gasteiger partial charge in [-0.15, -0.1) is 11.8 Å². The molecule has 36 heavy (non-hydrogen) atoms. The maximum absolute atomic E-state index is 13.1. The molecule has 2 atom stereocenters. The van der Waals surface area contributed by atoms with Gasteiger partial charge in [0, 0.05) is 29.5 Å². The first-order chi connectivity index (χ1) is 17.1. The molecule has 12 heteroatoms. The van der Waals surface area contributed by atoms with Gasteiger partial charge in [0.25, 0.3) is 5.69 Å². The minimum Gasteiger partial charge on any atom is -0.468 e. The second-order valence-electron chi connectivity index (χ2n) is 7.68. The van der Waals surface area contributed by atoms with Crippen molar-refractivity contribution in [2.75, 3.05) is 31.8 Å². The van der Waals surface area contributed by atoms with E-state index in [1.54, 1.807) is 26.8 Å². The maximum Gasteiger partial charge on any atom is 0.336 e. The first-order valence-corrected chi connectivity index (χ1v) is 12.3. The molecule has 0 fully saturated rings. The van der Waals surface area contributed by atoms with Crippen molar-refractivity contribution < 1.29 is 38.3 Å². The van der Waals surface area contributed by atoms with Gasteiger partial charge in [-0.05, 0) is 26.3 Å². The van der Waals surface area contributed by atoms with Crippen LogP contribution in [0.1, 0.15) is 38.7 Å². The average molecular weight is 521 g/mol. The van der Waals surface area contributed by atoms with Crippen LogP contribution in [0.15, 0.2) is 40.5 Å². The number of ether oxygens (including phenoxy) is 3. The molecule has 2 unspecified atom stereocenters. The second-order valence-corrected chi connectivity index (χ2v) is 8.66. The van der Waals surface area contributed by atoms with Crippen LogP contribution in [0.5, 0.6) is 0 Å². The monoisotopic (exact) mass is 520 g/mol. The number of aliphatic imine (C=N–C) groups is 1. The third-order valence-electron chi connectivity index (χ3n) is 5.26. The molecule has 0 N–H and O–H groups in total. The Morgan fingerprint density at radius 2 is 1.83 bits per heavy atom. The van der Waals surface area contributed by atoms with E-state index < -0.39 is 34.7 Å². The normalized spacial score (nSPS) is 17.2. The van der Waals surface area contributed by atoms with Crippen molar-refractivity contribution in [2.45, 2.75) is 33.1 Å². The van der Waals surface area contributed by atoms with Crippen molar-refractivity contribution in [1.82, 2.24) is 0 Å². The topological polar surface area (TPSA) is 151 Å². The first kappa shape index (κ1) is 28.7. The van der Waals surface area contributed by atoms with Crippen molar-refractivity contribution in [3.8, 4) is 0 Å². The van der Waals surface area contributed by atoms with Crippen LogP contribution in [0.25, 0.3) is 0 Å². The van der Waals surface area contributed by atoms with Gasteiger partial charge in [-0.1, -0.05) is 12.1 Å². The van der Waals surface area contributed by atoms with Crippen molar-refractivity contribution in [3.05, 3.63) is 51.2 Å². The zero-order valence-corrected chi connectivity index (χ0v) is 21.3. The van der Waals surface area contributed by atoms with E-state index in [1.807, 2.05) is 0 Å². The number of benzene rings is 1. The number of hydrogen-bond donors (Lipinski definition) is 0. The highest BCUT2D eigenvalue weighted by Crippen LogP contribution is 2.41. The summed E-state index contributed by atoms with van der Waals surface area (Å²) in [6.07, 6.45) is -0.367. The zero-order chi connectivity index (χ0) is 26.8. The number of rotatable bonds is 12. The number of Topliss-reactive ketones (excluding diaryl/α,β-unsaturated/α-hetero) is 1. The lowest BCUT2D eigenvalue weighted by atomic mass is 9.75. The van der Waals surface area contributed by atoms with E-state index in [4.69, 9.17) is 14.2 Å². The molecule has 11 nitrogen and oxygen atoms in total. The van der Waals surface area contributed by atoms with Crippen LogP contribution < -0.4 is 0 Å². The number of hydrogen-bond acceptors (Lipinski definition) is 11. The molecule has 1 aromatic rings. The summed E-state index contributed by atoms with van der Waals surface area (Å²) in [4.78, 5) is 64.9. The highest BCUT2D eigenvalue weighted by molar-refractivity contribution is 8.00. The highest BCUT2D eigenvalue weighted by atomic mass is 32.2. The molecule has 194 valence electrons. The predicted octanol–water partition coefficient (Wildman–Crippen LogP) is 3.01. The molecule has 0 bridgehead atoms. The smallest absolute Gasteiger partial charge is 0.336 e. The number of non-ortho nitro benzene ring substituents is 1. The molecule has 0 aliphatic carbocycles. The number of nitro benzene ring substituents is 1. The van der Waals surface area contributed by atoms with Gasteiger partial charge in [0.05, 0.1) is 42.3 Å². The molecule has 1 aromatic carbocycles. The van der Waals surface area contributed by atoms with Gasteiger partial charge in [-0.3, -0.25) is 29.5 Å². The van der Waals surface area contributed by atoms with Crippen molar-refractivity contribution in [1.29, 1.82) is 0 Å². The third-order valence-corrected chi connectivity index (χ3v) is 6.26. The molecular formula is C24H28N2O9S. The molecule has 0 spiro atoms. The number of thioether (sulfide) groups is 1. The van der Waals surface area contributed by atoms with Crippen molar-refractivity contribution in [2.24, 2.45) is 10.9 Å². The van der Waals surface area contributed by atoms with Gasteiger partial charge < -0.3 is 14.2 Å². The Balaban J connectivity index is 2.50. The lowest BCUT2D eigenvalue weighted by molar-refractivity contribution is -0.384. The zero-order valence-electron chi connectivity index (χ0n) is 20.5. The second kappa shape index (κ2) is 13.5. The summed E-state index contributed by atoms with van der Waals surface area (Å²) in [7, 11) is 1.20. The maximum atomic E-state index is 13.1. The summed E-state index contributed by atoms with van der Waals surface area (Å²) in [5.74, 6) is -4.27. The molecule has 0 amide bonds. The lowest BCUT2D eigenvalue weighted by Crippen LogP contribution is -2.36. The van der Waals surface area contributed by atoms with Gasteiger partial charge in [0.1, 0.15) is 12.3 Å². The van der Waals surface area contributed by atoms with E-state index in [9.17, 15) is 29.3 Å². The molecule has 0 saturated heterocycles. The fourth-order valence-electron chi connectivity index (χ4n) is 3.80. The molecule has 1 aliphatic rings. The Bertz CT molecular complexity index is 1100. The molecule has 0 aromatic heterocycles. The van der Waals surface area contributed by atoms with E-state index in [0.717, 1.165) is 11.8 Å². The SMILES string of the molecule is CCOC(=O)CC(=O)CSCC1=C(C(=O)OCC)C(c2cccc([N+](=O)[O-])c2)C(C(=O)OC)C(C)=N1. The summed E-state index contributed by atoms with van der Waals surface area (Å²) in [6.45, 7) is 5.09. The molecule has 0 radical (unpaired) electrons. The number of carbonyl (C=O) groups excluding carboxylic acids is 4. The van der Waals surface area contributed by atoms with Gasteiger partial charge in [-0.2, -0.15) is 0 Å². The molecular weight excluding hydrogens is 492 g/mol. The minimum atomic E-state index is -1.02. The lowest BCUT2D eigenvalue weighted by Gasteiger charge is -2.31. The molecule has 0 saturated carbocycles. The highest BCUT2D eigenvalue weighted by Gasteiger charge is 2.43. The van der Waals surface area contributed by atoms with E-state index in [0.29, 0.717) is 11.3 Å². The Kier molecular flexibility index (Phi) is 10.8. The van der Waals surface area contributed by atoms with Crippen LogP contribution >= 0.6 is 11.8 Å². The number of esters is 3. The third kappa shape index (κ3) is 7.23. The quantitative estimate of drug-likeness (QED) is 0.132. The number of nitro groups is 1. The standard InChI is InChI=1S/C24H28N2O9S/c1-5-34-19(28)11-17(27)12-36-13-18-22(24(30)35-6-2)21(20(14(3)25-18)23(29)33-4)15-8-7-9-16(10-15)26(31)32/h7-10,20-21H,5-6,11-13H2,1-4H3. The molecule has 2 rings (SSSR count). The van der Waals surface area contributed by atoms with Crippen LogP contribution in [0.3, 0.4) is 0 Å². The first-order valence-electron chi connectivity index (χ1n) is 11.2. The van der Waals surface area contributed by atoms with E-state index in [2.05, 4.69) is 4.99 Å². The summed E-state index contributed by atoms with van der Waals surface area (Å²) >= 11 is 1.14. The molecule has 1 heterocycles. The van der Waals surface area contributed by atoms with Crippen LogP contribution in [0.2, 0.25) is 0 Å². The average Bonchev–Trinajstić information content (AvgIpc) is 2.83. The number of methoxy groups -OCH3 is 1. The van der Waals surface area contributed by atoms with Crippen LogP contribution in [-0.2, 0) is 33.4 Å². The number of ketones is 1. The Labute approximate surface area is 212 Å². The summed E-state index contributed by atoms with van der Waals surface area (Å²) in [6, 6.07) is 5.65. The van der Waals surface area contributed by atoms with Gasteiger partial charge >= 0.3 is 17.9 Å².